The van der Waals surface area contributed by atoms with E-state index >= 15 is 0 Å². The van der Waals surface area contributed by atoms with Crippen LogP contribution in [0.25, 0.3) is 11.3 Å². The molecule has 5 heteroatoms. The van der Waals surface area contributed by atoms with Crippen LogP contribution in [0.4, 0.5) is 4.39 Å². The molecule has 0 aliphatic carbocycles. The molecule has 1 aromatic carbocycles. The molecule has 0 amide bonds. The summed E-state index contributed by atoms with van der Waals surface area (Å²) in [5.74, 6) is -0.362. The molecule has 17 heavy (non-hydrogen) atoms. The SMILES string of the molecule is CCc1c(Br)c(-c2c(F)cccc2Cl)nn1C. The predicted molar refractivity (Wildman–Crippen MR) is 70.7 cm³/mol. The van der Waals surface area contributed by atoms with Crippen LogP contribution in [0.3, 0.4) is 0 Å². The maximum Gasteiger partial charge on any atom is 0.134 e. The molecule has 0 atom stereocenters. The number of halogens is 3. The first kappa shape index (κ1) is 12.6. The van der Waals surface area contributed by atoms with Crippen molar-refractivity contribution in [2.75, 3.05) is 0 Å². The average molecular weight is 318 g/mol. The molecule has 0 bridgehead atoms. The Morgan fingerprint density at radius 3 is 2.71 bits per heavy atom. The van der Waals surface area contributed by atoms with Gasteiger partial charge in [0.25, 0.3) is 0 Å². The van der Waals surface area contributed by atoms with E-state index in [2.05, 4.69) is 21.0 Å². The predicted octanol–water partition coefficient (Wildman–Crippen LogP) is 4.20. The molecule has 2 rings (SSSR count). The lowest BCUT2D eigenvalue weighted by atomic mass is 10.1. The lowest BCUT2D eigenvalue weighted by Crippen LogP contribution is -1.96. The summed E-state index contributed by atoms with van der Waals surface area (Å²) in [4.78, 5) is 0. The fraction of sp³-hybridized carbons (Fsp3) is 0.250. The van der Waals surface area contributed by atoms with Crippen LogP contribution in [0.15, 0.2) is 22.7 Å². The zero-order chi connectivity index (χ0) is 12.6. The van der Waals surface area contributed by atoms with Crippen LogP contribution in [0.2, 0.25) is 5.02 Å². The van der Waals surface area contributed by atoms with Crippen LogP contribution in [-0.4, -0.2) is 9.78 Å². The highest BCUT2D eigenvalue weighted by Gasteiger charge is 2.19. The minimum Gasteiger partial charge on any atom is -0.271 e. The van der Waals surface area contributed by atoms with Crippen LogP contribution in [0, 0.1) is 5.82 Å². The van der Waals surface area contributed by atoms with E-state index in [-0.39, 0.29) is 5.82 Å². The summed E-state index contributed by atoms with van der Waals surface area (Å²) in [5, 5.41) is 4.69. The standard InChI is InChI=1S/C12H11BrClFN2/c1-3-9-11(13)12(16-17(9)2)10-7(14)5-4-6-8(10)15/h4-6H,3H2,1-2H3. The Kier molecular flexibility index (Phi) is 3.54. The van der Waals surface area contributed by atoms with Crippen LogP contribution in [0.5, 0.6) is 0 Å². The number of aryl methyl sites for hydroxylation is 1. The largest absolute Gasteiger partial charge is 0.271 e. The van der Waals surface area contributed by atoms with Crippen molar-refractivity contribution < 1.29 is 4.39 Å². The van der Waals surface area contributed by atoms with Gasteiger partial charge in [-0.15, -0.1) is 0 Å². The summed E-state index contributed by atoms with van der Waals surface area (Å²) in [6, 6.07) is 4.62. The molecule has 0 radical (unpaired) electrons. The van der Waals surface area contributed by atoms with Crippen molar-refractivity contribution in [3.8, 4) is 11.3 Å². The summed E-state index contributed by atoms with van der Waals surface area (Å²) < 4.78 is 16.3. The molecule has 90 valence electrons. The quantitative estimate of drug-likeness (QED) is 0.811. The topological polar surface area (TPSA) is 17.8 Å². The second-order valence-corrected chi connectivity index (χ2v) is 4.88. The third-order valence-corrected chi connectivity index (χ3v) is 3.78. The van der Waals surface area contributed by atoms with Crippen molar-refractivity contribution in [3.63, 3.8) is 0 Å². The lowest BCUT2D eigenvalue weighted by Gasteiger charge is -2.02. The van der Waals surface area contributed by atoms with Gasteiger partial charge < -0.3 is 0 Å². The first-order chi connectivity index (χ1) is 8.06. The van der Waals surface area contributed by atoms with Gasteiger partial charge in [0.2, 0.25) is 0 Å². The van der Waals surface area contributed by atoms with E-state index in [0.29, 0.717) is 16.3 Å². The molecular formula is C12H11BrClFN2. The molecule has 1 aromatic heterocycles. The summed E-state index contributed by atoms with van der Waals surface area (Å²) in [6.07, 6.45) is 0.816. The third-order valence-electron chi connectivity index (χ3n) is 2.64. The lowest BCUT2D eigenvalue weighted by molar-refractivity contribution is 0.629. The van der Waals surface area contributed by atoms with E-state index in [1.54, 1.807) is 16.8 Å². The fourth-order valence-electron chi connectivity index (χ4n) is 1.80. The Bertz CT molecular complexity index is 546. The van der Waals surface area contributed by atoms with E-state index in [9.17, 15) is 4.39 Å². The van der Waals surface area contributed by atoms with E-state index in [1.807, 2.05) is 14.0 Å². The number of benzene rings is 1. The van der Waals surface area contributed by atoms with Gasteiger partial charge in [0.05, 0.1) is 20.8 Å². The summed E-state index contributed by atoms with van der Waals surface area (Å²) in [7, 11) is 1.84. The molecule has 0 saturated heterocycles. The minimum atomic E-state index is -0.362. The molecular weight excluding hydrogens is 307 g/mol. The van der Waals surface area contributed by atoms with Crippen molar-refractivity contribution in [2.45, 2.75) is 13.3 Å². The molecule has 2 aromatic rings. The molecule has 0 aliphatic rings. The van der Waals surface area contributed by atoms with E-state index in [0.717, 1.165) is 16.6 Å². The molecule has 2 nitrogen and oxygen atoms in total. The van der Waals surface area contributed by atoms with Gasteiger partial charge in [-0.3, -0.25) is 4.68 Å². The number of aromatic nitrogens is 2. The number of hydrogen-bond donors (Lipinski definition) is 0. The second-order valence-electron chi connectivity index (χ2n) is 3.68. The highest BCUT2D eigenvalue weighted by molar-refractivity contribution is 9.10. The first-order valence-corrected chi connectivity index (χ1v) is 6.39. The van der Waals surface area contributed by atoms with Gasteiger partial charge in [0.1, 0.15) is 11.5 Å². The van der Waals surface area contributed by atoms with Crippen molar-refractivity contribution in [1.29, 1.82) is 0 Å². The Hall–Kier alpha value is -0.870. The fourth-order valence-corrected chi connectivity index (χ4v) is 2.87. The Labute approximate surface area is 113 Å². The van der Waals surface area contributed by atoms with E-state index in [1.165, 1.54) is 6.07 Å². The minimum absolute atomic E-state index is 0.344. The number of rotatable bonds is 2. The summed E-state index contributed by atoms with van der Waals surface area (Å²) in [5.41, 5.74) is 1.91. The van der Waals surface area contributed by atoms with Gasteiger partial charge in [-0.1, -0.05) is 24.6 Å². The van der Waals surface area contributed by atoms with Gasteiger partial charge in [-0.2, -0.15) is 5.10 Å². The van der Waals surface area contributed by atoms with Crippen LogP contribution in [-0.2, 0) is 13.5 Å². The number of nitrogens with zero attached hydrogens (tertiary/aromatic N) is 2. The van der Waals surface area contributed by atoms with Crippen LogP contribution < -0.4 is 0 Å². The van der Waals surface area contributed by atoms with Crippen LogP contribution >= 0.6 is 27.5 Å². The Balaban J connectivity index is 2.69. The highest BCUT2D eigenvalue weighted by Crippen LogP contribution is 2.36. The Morgan fingerprint density at radius 1 is 1.47 bits per heavy atom. The molecule has 0 spiro atoms. The highest BCUT2D eigenvalue weighted by atomic mass is 79.9. The van der Waals surface area contributed by atoms with Crippen molar-refractivity contribution >= 4 is 27.5 Å². The van der Waals surface area contributed by atoms with E-state index in [4.69, 9.17) is 11.6 Å². The van der Waals surface area contributed by atoms with E-state index < -0.39 is 0 Å². The smallest absolute Gasteiger partial charge is 0.134 e. The van der Waals surface area contributed by atoms with Gasteiger partial charge in [0, 0.05) is 7.05 Å². The summed E-state index contributed by atoms with van der Waals surface area (Å²) >= 11 is 9.49. The average Bonchev–Trinajstić information content (AvgIpc) is 2.54. The monoisotopic (exact) mass is 316 g/mol. The van der Waals surface area contributed by atoms with Crippen molar-refractivity contribution in [1.82, 2.24) is 9.78 Å². The van der Waals surface area contributed by atoms with Crippen molar-refractivity contribution in [3.05, 3.63) is 39.2 Å². The molecule has 0 N–H and O–H groups in total. The third kappa shape index (κ3) is 2.11. The number of hydrogen-bond acceptors (Lipinski definition) is 1. The van der Waals surface area contributed by atoms with Gasteiger partial charge in [0.15, 0.2) is 0 Å². The second kappa shape index (κ2) is 4.78. The zero-order valence-corrected chi connectivity index (χ0v) is 11.8. The molecule has 0 unspecified atom stereocenters. The van der Waals surface area contributed by atoms with Crippen molar-refractivity contribution in [2.24, 2.45) is 7.05 Å². The molecule has 0 saturated carbocycles. The molecule has 0 aliphatic heterocycles. The van der Waals surface area contributed by atoms with Gasteiger partial charge >= 0.3 is 0 Å². The molecule has 1 heterocycles. The maximum absolute atomic E-state index is 13.8. The molecule has 0 fully saturated rings. The zero-order valence-electron chi connectivity index (χ0n) is 9.47. The van der Waals surface area contributed by atoms with Gasteiger partial charge in [-0.05, 0) is 34.5 Å². The van der Waals surface area contributed by atoms with Gasteiger partial charge in [-0.25, -0.2) is 4.39 Å². The Morgan fingerprint density at radius 2 is 2.18 bits per heavy atom. The normalized spacial score (nSPS) is 10.9. The summed E-state index contributed by atoms with van der Waals surface area (Å²) in [6.45, 7) is 2.02. The maximum atomic E-state index is 13.8. The first-order valence-electron chi connectivity index (χ1n) is 5.22. The van der Waals surface area contributed by atoms with Crippen LogP contribution in [0.1, 0.15) is 12.6 Å².